The van der Waals surface area contributed by atoms with Crippen molar-refractivity contribution in [2.75, 3.05) is 18.4 Å². The van der Waals surface area contributed by atoms with E-state index in [1.165, 1.54) is 11.1 Å². The molecule has 2 heterocycles. The van der Waals surface area contributed by atoms with E-state index < -0.39 is 0 Å². The van der Waals surface area contributed by atoms with Crippen molar-refractivity contribution in [3.63, 3.8) is 0 Å². The van der Waals surface area contributed by atoms with Crippen LogP contribution in [0.15, 0.2) is 72.0 Å². The van der Waals surface area contributed by atoms with Gasteiger partial charge in [-0.15, -0.1) is 0 Å². The summed E-state index contributed by atoms with van der Waals surface area (Å²) in [7, 11) is 0. The number of benzene rings is 2. The Labute approximate surface area is 201 Å². The first-order valence-corrected chi connectivity index (χ1v) is 11.9. The fourth-order valence-electron chi connectivity index (χ4n) is 4.65. The number of piperidine rings is 1. The maximum absolute atomic E-state index is 12.6. The fourth-order valence-corrected chi connectivity index (χ4v) is 4.65. The van der Waals surface area contributed by atoms with Crippen LogP contribution in [0.5, 0.6) is 0 Å². The van der Waals surface area contributed by atoms with Gasteiger partial charge >= 0.3 is 0 Å². The third-order valence-corrected chi connectivity index (χ3v) is 6.60. The van der Waals surface area contributed by atoms with Gasteiger partial charge in [0.2, 0.25) is 5.91 Å². The monoisotopic (exact) mass is 456 g/mol. The van der Waals surface area contributed by atoms with E-state index in [0.717, 1.165) is 48.4 Å². The van der Waals surface area contributed by atoms with E-state index in [9.17, 15) is 10.0 Å². The summed E-state index contributed by atoms with van der Waals surface area (Å²) >= 11 is 0. The molecule has 0 spiro atoms. The van der Waals surface area contributed by atoms with E-state index in [2.05, 4.69) is 52.0 Å². The molecule has 3 aromatic rings. The molecule has 1 saturated heterocycles. The molecule has 0 radical (unpaired) electrons. The lowest BCUT2D eigenvalue weighted by atomic mass is 9.83. The second kappa shape index (κ2) is 11.1. The third-order valence-electron chi connectivity index (χ3n) is 6.60. The molecular formula is C28H32N4O2. The highest BCUT2D eigenvalue weighted by atomic mass is 16.4. The van der Waals surface area contributed by atoms with Crippen molar-refractivity contribution in [1.29, 1.82) is 0 Å². The number of pyridine rings is 1. The Balaban J connectivity index is 1.59. The molecule has 176 valence electrons. The lowest BCUT2D eigenvalue weighted by molar-refractivity contribution is -0.120. The van der Waals surface area contributed by atoms with Crippen LogP contribution < -0.4 is 10.6 Å². The Morgan fingerprint density at radius 2 is 1.85 bits per heavy atom. The van der Waals surface area contributed by atoms with Gasteiger partial charge < -0.3 is 15.8 Å². The highest BCUT2D eigenvalue weighted by Gasteiger charge is 2.22. The van der Waals surface area contributed by atoms with Crippen LogP contribution in [0.25, 0.3) is 0 Å². The topological polar surface area (TPSA) is 86.6 Å². The van der Waals surface area contributed by atoms with Gasteiger partial charge in [-0.05, 0) is 80.7 Å². The predicted octanol–water partition coefficient (Wildman–Crippen LogP) is 5.04. The summed E-state index contributed by atoms with van der Waals surface area (Å²) < 4.78 is 0. The number of hydrogen-bond donors (Lipinski definition) is 3. The van der Waals surface area contributed by atoms with Gasteiger partial charge in [-0.1, -0.05) is 41.6 Å². The quantitative estimate of drug-likeness (QED) is 0.264. The number of anilines is 1. The summed E-state index contributed by atoms with van der Waals surface area (Å²) in [6.07, 6.45) is 4.01. The highest BCUT2D eigenvalue weighted by molar-refractivity contribution is 6.01. The molecule has 2 aromatic carbocycles. The average Bonchev–Trinajstić information content (AvgIpc) is 2.86. The normalized spacial score (nSPS) is 15.6. The first-order valence-electron chi connectivity index (χ1n) is 11.9. The van der Waals surface area contributed by atoms with Crippen molar-refractivity contribution >= 4 is 17.3 Å². The summed E-state index contributed by atoms with van der Waals surface area (Å²) in [4.78, 5) is 16.9. The average molecular weight is 457 g/mol. The molecule has 1 atom stereocenters. The van der Waals surface area contributed by atoms with Crippen molar-refractivity contribution in [1.82, 2.24) is 10.3 Å². The van der Waals surface area contributed by atoms with E-state index in [4.69, 9.17) is 0 Å². The second-order valence-corrected chi connectivity index (χ2v) is 8.98. The zero-order valence-corrected chi connectivity index (χ0v) is 19.8. The molecule has 6 heteroatoms. The van der Waals surface area contributed by atoms with E-state index in [1.54, 1.807) is 6.20 Å². The lowest BCUT2D eigenvalue weighted by Crippen LogP contribution is -2.34. The van der Waals surface area contributed by atoms with Crippen molar-refractivity contribution in [2.45, 2.75) is 39.0 Å². The summed E-state index contributed by atoms with van der Waals surface area (Å²) in [5.74, 6) is 0.148. The second-order valence-electron chi connectivity index (χ2n) is 8.98. The molecule has 1 aromatic heterocycles. The highest BCUT2D eigenvalue weighted by Crippen LogP contribution is 2.33. The van der Waals surface area contributed by atoms with Crippen LogP contribution in [0.2, 0.25) is 0 Å². The molecular weight excluding hydrogens is 424 g/mol. The van der Waals surface area contributed by atoms with E-state index >= 15 is 0 Å². The van der Waals surface area contributed by atoms with Crippen molar-refractivity contribution in [3.8, 4) is 0 Å². The van der Waals surface area contributed by atoms with Crippen LogP contribution >= 0.6 is 0 Å². The molecule has 0 aliphatic carbocycles. The zero-order chi connectivity index (χ0) is 23.9. The lowest BCUT2D eigenvalue weighted by Gasteiger charge is -2.23. The molecule has 0 saturated carbocycles. The number of hydrogen-bond acceptors (Lipinski definition) is 5. The minimum absolute atomic E-state index is 0.00487. The minimum atomic E-state index is -0.00487. The molecule has 1 fully saturated rings. The number of nitrogens with one attached hydrogen (secondary N) is 2. The van der Waals surface area contributed by atoms with Gasteiger partial charge in [0.1, 0.15) is 0 Å². The number of aryl methyl sites for hydroxylation is 2. The van der Waals surface area contributed by atoms with Crippen LogP contribution in [0.3, 0.4) is 0 Å². The SMILES string of the molecule is Cc1cc(/C(C[C@H](c2ccc(NC(=O)C3CCNCC3)cc2)c2ccccc2C)=N/O)ccn1. The van der Waals surface area contributed by atoms with Gasteiger partial charge in [-0.3, -0.25) is 9.78 Å². The van der Waals surface area contributed by atoms with E-state index in [0.29, 0.717) is 12.1 Å². The zero-order valence-electron chi connectivity index (χ0n) is 19.8. The molecule has 1 amide bonds. The smallest absolute Gasteiger partial charge is 0.227 e. The van der Waals surface area contributed by atoms with Gasteiger partial charge in [-0.25, -0.2) is 0 Å². The number of aromatic nitrogens is 1. The molecule has 1 aliphatic heterocycles. The Morgan fingerprint density at radius 3 is 2.53 bits per heavy atom. The number of amides is 1. The summed E-state index contributed by atoms with van der Waals surface area (Å²) in [5.41, 5.74) is 6.61. The van der Waals surface area contributed by atoms with Crippen LogP contribution in [-0.2, 0) is 4.79 Å². The number of carbonyl (C=O) groups is 1. The first kappa shape index (κ1) is 23.6. The van der Waals surface area contributed by atoms with Crippen LogP contribution in [0, 0.1) is 19.8 Å². The summed E-state index contributed by atoms with van der Waals surface area (Å²) in [5, 5.41) is 19.9. The van der Waals surface area contributed by atoms with Crippen molar-refractivity contribution in [3.05, 3.63) is 94.8 Å². The molecule has 1 aliphatic rings. The molecule has 34 heavy (non-hydrogen) atoms. The molecule has 0 bridgehead atoms. The Hall–Kier alpha value is -3.51. The fraction of sp³-hybridized carbons (Fsp3) is 0.321. The van der Waals surface area contributed by atoms with Crippen LogP contribution in [0.1, 0.15) is 53.1 Å². The van der Waals surface area contributed by atoms with Gasteiger partial charge in [0.05, 0.1) is 5.71 Å². The molecule has 6 nitrogen and oxygen atoms in total. The maximum Gasteiger partial charge on any atom is 0.227 e. The Morgan fingerprint density at radius 1 is 1.12 bits per heavy atom. The number of rotatable bonds is 7. The third kappa shape index (κ3) is 5.69. The van der Waals surface area contributed by atoms with Gasteiger partial charge in [0.25, 0.3) is 0 Å². The minimum Gasteiger partial charge on any atom is -0.411 e. The first-order chi connectivity index (χ1) is 16.5. The van der Waals surface area contributed by atoms with Crippen LogP contribution in [0.4, 0.5) is 5.69 Å². The number of carbonyl (C=O) groups excluding carboxylic acids is 1. The van der Waals surface area contributed by atoms with Crippen LogP contribution in [-0.4, -0.2) is 34.9 Å². The van der Waals surface area contributed by atoms with Gasteiger partial charge in [0, 0.05) is 41.4 Å². The number of nitrogens with zero attached hydrogens (tertiary/aromatic N) is 2. The summed E-state index contributed by atoms with van der Waals surface area (Å²) in [6.45, 7) is 5.80. The Kier molecular flexibility index (Phi) is 7.70. The van der Waals surface area contributed by atoms with Gasteiger partial charge in [-0.2, -0.15) is 0 Å². The standard InChI is InChI=1S/C28H32N4O2/c1-19-5-3-4-6-25(19)26(18-27(32-34)23-13-16-30-20(2)17-23)21-7-9-24(10-8-21)31-28(33)22-11-14-29-15-12-22/h3-10,13,16-17,22,26,29,34H,11-12,14-15,18H2,1-2H3,(H,31,33)/b32-27+/t26-/m1/s1. The maximum atomic E-state index is 12.6. The largest absolute Gasteiger partial charge is 0.411 e. The number of oxime groups is 1. The predicted molar refractivity (Wildman–Crippen MR) is 136 cm³/mol. The molecule has 0 unspecified atom stereocenters. The van der Waals surface area contributed by atoms with Gasteiger partial charge in [0.15, 0.2) is 0 Å². The summed E-state index contributed by atoms with van der Waals surface area (Å²) in [6, 6.07) is 20.1. The van der Waals surface area contributed by atoms with E-state index in [-0.39, 0.29) is 17.7 Å². The van der Waals surface area contributed by atoms with E-state index in [1.807, 2.05) is 43.3 Å². The van der Waals surface area contributed by atoms with Crippen molar-refractivity contribution < 1.29 is 10.0 Å². The van der Waals surface area contributed by atoms with Crippen molar-refractivity contribution in [2.24, 2.45) is 11.1 Å². The molecule has 4 rings (SSSR count). The molecule has 3 N–H and O–H groups in total. The Bertz CT molecular complexity index is 1150.